The van der Waals surface area contributed by atoms with Crippen LogP contribution in [-0.2, 0) is 15.9 Å². The fraction of sp³-hybridized carbons (Fsp3) is 0.391. The summed E-state index contributed by atoms with van der Waals surface area (Å²) in [6.07, 6.45) is 5.47. The van der Waals surface area contributed by atoms with Gasteiger partial charge in [0, 0.05) is 25.1 Å². The number of carbonyl (C=O) groups is 1. The Morgan fingerprint density at radius 1 is 1.10 bits per heavy atom. The van der Waals surface area contributed by atoms with Gasteiger partial charge >= 0.3 is 0 Å². The molecule has 0 radical (unpaired) electrons. The van der Waals surface area contributed by atoms with Crippen LogP contribution in [0.15, 0.2) is 54.9 Å². The zero-order valence-electron chi connectivity index (χ0n) is 16.4. The van der Waals surface area contributed by atoms with E-state index in [2.05, 4.69) is 15.6 Å². The minimum absolute atomic E-state index is 0.0443. The number of fused-ring (bicyclic) bond motifs is 2. The van der Waals surface area contributed by atoms with Gasteiger partial charge in [-0.15, -0.1) is 0 Å². The highest BCUT2D eigenvalue weighted by molar-refractivity contribution is 5.97. The van der Waals surface area contributed by atoms with E-state index < -0.39 is 0 Å². The first-order chi connectivity index (χ1) is 14.3. The summed E-state index contributed by atoms with van der Waals surface area (Å²) in [4.78, 5) is 19.8. The Bertz CT molecular complexity index is 1010. The number of aromatic nitrogens is 2. The Hall–Kier alpha value is -2.70. The monoisotopic (exact) mass is 391 g/mol. The van der Waals surface area contributed by atoms with Gasteiger partial charge in [0.1, 0.15) is 6.17 Å². The van der Waals surface area contributed by atoms with Gasteiger partial charge in [0.05, 0.1) is 24.0 Å². The first-order valence-electron chi connectivity index (χ1n) is 10.3. The molecule has 1 amide bonds. The van der Waals surface area contributed by atoms with Crippen LogP contribution in [0, 0.1) is 0 Å². The molecule has 2 aliphatic rings. The third-order valence-corrected chi connectivity index (χ3v) is 5.85. The van der Waals surface area contributed by atoms with Gasteiger partial charge in [-0.2, -0.15) is 0 Å². The van der Waals surface area contributed by atoms with Crippen molar-refractivity contribution in [1.29, 1.82) is 0 Å². The smallest absolute Gasteiger partial charge is 0.255 e. The second-order valence-corrected chi connectivity index (χ2v) is 7.65. The summed E-state index contributed by atoms with van der Waals surface area (Å²) in [6.45, 7) is 1.73. The SMILES string of the molecule is O=C1c2ccccc2CC(n2cnc3ccccc32)N1CCOC1CCCCO1. The summed E-state index contributed by atoms with van der Waals surface area (Å²) < 4.78 is 13.7. The maximum atomic E-state index is 13.3. The molecule has 5 rings (SSSR count). The lowest BCUT2D eigenvalue weighted by Gasteiger charge is -2.38. The highest BCUT2D eigenvalue weighted by atomic mass is 16.7. The summed E-state index contributed by atoms with van der Waals surface area (Å²) in [5.74, 6) is 0.0443. The molecular weight excluding hydrogens is 366 g/mol. The zero-order chi connectivity index (χ0) is 19.6. The van der Waals surface area contributed by atoms with Crippen LogP contribution in [-0.4, -0.2) is 46.4 Å². The molecule has 3 heterocycles. The van der Waals surface area contributed by atoms with Crippen LogP contribution in [0.2, 0.25) is 0 Å². The molecule has 2 aliphatic heterocycles. The predicted molar refractivity (Wildman–Crippen MR) is 109 cm³/mol. The Balaban J connectivity index is 1.43. The van der Waals surface area contributed by atoms with Gasteiger partial charge in [-0.25, -0.2) is 4.98 Å². The van der Waals surface area contributed by atoms with Crippen molar-refractivity contribution in [3.63, 3.8) is 0 Å². The number of carbonyl (C=O) groups excluding carboxylic acids is 1. The molecule has 6 nitrogen and oxygen atoms in total. The second kappa shape index (κ2) is 7.97. The van der Waals surface area contributed by atoms with Gasteiger partial charge in [-0.3, -0.25) is 4.79 Å². The zero-order valence-corrected chi connectivity index (χ0v) is 16.4. The molecule has 1 fully saturated rings. The van der Waals surface area contributed by atoms with E-state index in [0.717, 1.165) is 54.5 Å². The maximum Gasteiger partial charge on any atom is 0.255 e. The normalized spacial score (nSPS) is 22.1. The van der Waals surface area contributed by atoms with E-state index in [-0.39, 0.29) is 18.4 Å². The molecule has 29 heavy (non-hydrogen) atoms. The molecule has 0 N–H and O–H groups in total. The van der Waals surface area contributed by atoms with Gasteiger partial charge in [-0.05, 0) is 43.0 Å². The average Bonchev–Trinajstić information content (AvgIpc) is 3.20. The molecule has 0 spiro atoms. The lowest BCUT2D eigenvalue weighted by atomic mass is 9.96. The lowest BCUT2D eigenvalue weighted by Crippen LogP contribution is -2.45. The number of hydrogen-bond donors (Lipinski definition) is 0. The van der Waals surface area contributed by atoms with Crippen LogP contribution < -0.4 is 0 Å². The Morgan fingerprint density at radius 2 is 1.97 bits per heavy atom. The van der Waals surface area contributed by atoms with Crippen LogP contribution in [0.25, 0.3) is 11.0 Å². The van der Waals surface area contributed by atoms with Crippen molar-refractivity contribution in [1.82, 2.24) is 14.5 Å². The van der Waals surface area contributed by atoms with Crippen LogP contribution in [0.4, 0.5) is 0 Å². The molecule has 1 saturated heterocycles. The number of benzene rings is 2. The van der Waals surface area contributed by atoms with Crippen molar-refractivity contribution < 1.29 is 14.3 Å². The van der Waals surface area contributed by atoms with E-state index in [1.807, 2.05) is 53.7 Å². The molecule has 1 aromatic heterocycles. The number of imidazole rings is 1. The Morgan fingerprint density at radius 3 is 2.86 bits per heavy atom. The van der Waals surface area contributed by atoms with E-state index in [9.17, 15) is 4.79 Å². The molecule has 2 aromatic carbocycles. The van der Waals surface area contributed by atoms with Crippen LogP contribution in [0.5, 0.6) is 0 Å². The molecular formula is C23H25N3O3. The molecule has 2 unspecified atom stereocenters. The van der Waals surface area contributed by atoms with Crippen molar-refractivity contribution >= 4 is 16.9 Å². The summed E-state index contributed by atoms with van der Waals surface area (Å²) in [6, 6.07) is 15.9. The molecule has 6 heteroatoms. The standard InChI is InChI=1S/C23H25N3O3/c27-23-18-8-2-1-7-17(18)15-21(26-16-24-19-9-3-4-10-20(19)26)25(23)12-14-29-22-11-5-6-13-28-22/h1-4,7-10,16,21-22H,5-6,11-15H2. The van der Waals surface area contributed by atoms with Crippen molar-refractivity contribution in [2.75, 3.05) is 19.8 Å². The summed E-state index contributed by atoms with van der Waals surface area (Å²) >= 11 is 0. The number of rotatable bonds is 5. The third kappa shape index (κ3) is 3.54. The highest BCUT2D eigenvalue weighted by Gasteiger charge is 2.33. The number of nitrogens with zero attached hydrogens (tertiary/aromatic N) is 3. The van der Waals surface area contributed by atoms with Gasteiger partial charge in [-0.1, -0.05) is 30.3 Å². The minimum Gasteiger partial charge on any atom is -0.353 e. The number of amides is 1. The van der Waals surface area contributed by atoms with Gasteiger partial charge < -0.3 is 18.9 Å². The van der Waals surface area contributed by atoms with E-state index in [1.54, 1.807) is 0 Å². The first kappa shape index (κ1) is 18.3. The fourth-order valence-corrected chi connectivity index (χ4v) is 4.34. The van der Waals surface area contributed by atoms with Gasteiger partial charge in [0.2, 0.25) is 0 Å². The van der Waals surface area contributed by atoms with Crippen molar-refractivity contribution in [3.8, 4) is 0 Å². The molecule has 150 valence electrons. The maximum absolute atomic E-state index is 13.3. The summed E-state index contributed by atoms with van der Waals surface area (Å²) in [5.41, 5.74) is 3.83. The molecule has 2 atom stereocenters. The van der Waals surface area contributed by atoms with Crippen LogP contribution in [0.3, 0.4) is 0 Å². The molecule has 0 aliphatic carbocycles. The highest BCUT2D eigenvalue weighted by Crippen LogP contribution is 2.31. The van der Waals surface area contributed by atoms with Crippen molar-refractivity contribution in [3.05, 3.63) is 66.0 Å². The molecule has 0 bridgehead atoms. The second-order valence-electron chi connectivity index (χ2n) is 7.65. The van der Waals surface area contributed by atoms with E-state index >= 15 is 0 Å². The van der Waals surface area contributed by atoms with E-state index in [4.69, 9.17) is 9.47 Å². The molecule has 3 aromatic rings. The average molecular weight is 391 g/mol. The largest absolute Gasteiger partial charge is 0.353 e. The van der Waals surface area contributed by atoms with E-state index in [0.29, 0.717) is 13.2 Å². The number of hydrogen-bond acceptors (Lipinski definition) is 4. The van der Waals surface area contributed by atoms with Crippen molar-refractivity contribution in [2.45, 2.75) is 38.1 Å². The third-order valence-electron chi connectivity index (χ3n) is 5.85. The van der Waals surface area contributed by atoms with Crippen molar-refractivity contribution in [2.24, 2.45) is 0 Å². The fourth-order valence-electron chi connectivity index (χ4n) is 4.34. The van der Waals surface area contributed by atoms with Crippen LogP contribution in [0.1, 0.15) is 41.3 Å². The topological polar surface area (TPSA) is 56.6 Å². The minimum atomic E-state index is -0.150. The first-order valence-corrected chi connectivity index (χ1v) is 10.3. The summed E-state index contributed by atoms with van der Waals surface area (Å²) in [5, 5.41) is 0. The molecule has 0 saturated carbocycles. The number of ether oxygens (including phenoxy) is 2. The Labute approximate surface area is 170 Å². The van der Waals surface area contributed by atoms with Gasteiger partial charge in [0.15, 0.2) is 6.29 Å². The number of para-hydroxylation sites is 2. The quantitative estimate of drug-likeness (QED) is 0.664. The van der Waals surface area contributed by atoms with Gasteiger partial charge in [0.25, 0.3) is 5.91 Å². The summed E-state index contributed by atoms with van der Waals surface area (Å²) in [7, 11) is 0. The van der Waals surface area contributed by atoms with E-state index in [1.165, 1.54) is 0 Å². The predicted octanol–water partition coefficient (Wildman–Crippen LogP) is 3.78. The Kier molecular flexibility index (Phi) is 5.04. The lowest BCUT2D eigenvalue weighted by molar-refractivity contribution is -0.164. The van der Waals surface area contributed by atoms with Crippen LogP contribution >= 0.6 is 0 Å².